The topological polar surface area (TPSA) is 78.0 Å². The first-order valence-corrected chi connectivity index (χ1v) is 6.18. The molecule has 6 nitrogen and oxygen atoms in total. The average molecular weight is 265 g/mol. The molecule has 1 aromatic heterocycles. The molecule has 0 saturated carbocycles. The van der Waals surface area contributed by atoms with Crippen molar-refractivity contribution in [2.24, 2.45) is 10.9 Å². The van der Waals surface area contributed by atoms with Gasteiger partial charge in [0, 0.05) is 25.8 Å². The predicted molar refractivity (Wildman–Crippen MR) is 78.0 cm³/mol. The van der Waals surface area contributed by atoms with Crippen LogP contribution in [0.15, 0.2) is 11.2 Å². The van der Waals surface area contributed by atoms with Gasteiger partial charge >= 0.3 is 0 Å². The van der Waals surface area contributed by atoms with Crippen molar-refractivity contribution in [3.05, 3.63) is 23.0 Å². The van der Waals surface area contributed by atoms with E-state index in [-0.39, 0.29) is 5.84 Å². The summed E-state index contributed by atoms with van der Waals surface area (Å²) in [5.41, 5.74) is 9.07. The zero-order valence-corrected chi connectivity index (χ0v) is 12.3. The number of hydrogen-bond donors (Lipinski definition) is 2. The van der Waals surface area contributed by atoms with Crippen molar-refractivity contribution >= 4 is 11.5 Å². The van der Waals surface area contributed by atoms with E-state index in [0.717, 1.165) is 30.2 Å². The summed E-state index contributed by atoms with van der Waals surface area (Å²) < 4.78 is 0. The Labute approximate surface area is 114 Å². The molecule has 0 bridgehead atoms. The molecule has 1 heterocycles. The van der Waals surface area contributed by atoms with Crippen LogP contribution >= 0.6 is 0 Å². The van der Waals surface area contributed by atoms with Gasteiger partial charge in [-0.3, -0.25) is 4.98 Å². The minimum absolute atomic E-state index is 0.0942. The molecule has 0 radical (unpaired) electrons. The van der Waals surface area contributed by atoms with E-state index >= 15 is 0 Å². The molecule has 1 rings (SSSR count). The summed E-state index contributed by atoms with van der Waals surface area (Å²) in [6.45, 7) is 5.57. The molecule has 1 aromatic rings. The molecule has 0 aliphatic carbocycles. The zero-order chi connectivity index (χ0) is 14.6. The SMILES string of the molecule is Cc1cc(N(C)CCN(C)C)c(/C(N)=N/O)c(C)n1. The number of oxime groups is 1. The number of aryl methyl sites for hydroxylation is 2. The highest BCUT2D eigenvalue weighted by Crippen LogP contribution is 2.22. The predicted octanol–water partition coefficient (Wildman–Crippen LogP) is 0.791. The van der Waals surface area contributed by atoms with E-state index in [1.807, 2.05) is 41.1 Å². The number of nitrogens with zero attached hydrogens (tertiary/aromatic N) is 4. The van der Waals surface area contributed by atoms with Crippen LogP contribution in [0.1, 0.15) is 17.0 Å². The number of rotatable bonds is 5. The molecule has 3 N–H and O–H groups in total. The first-order chi connectivity index (χ1) is 8.86. The van der Waals surface area contributed by atoms with Crippen LogP contribution in [0.4, 0.5) is 5.69 Å². The van der Waals surface area contributed by atoms with Gasteiger partial charge in [0.25, 0.3) is 0 Å². The van der Waals surface area contributed by atoms with Gasteiger partial charge in [-0.15, -0.1) is 0 Å². The van der Waals surface area contributed by atoms with E-state index in [1.165, 1.54) is 0 Å². The minimum Gasteiger partial charge on any atom is -0.409 e. The minimum atomic E-state index is 0.0942. The highest BCUT2D eigenvalue weighted by Gasteiger charge is 2.16. The maximum absolute atomic E-state index is 8.91. The van der Waals surface area contributed by atoms with Crippen LogP contribution in [0.2, 0.25) is 0 Å². The Kier molecular flexibility index (Phi) is 5.11. The largest absolute Gasteiger partial charge is 0.409 e. The average Bonchev–Trinajstić information content (AvgIpc) is 2.34. The van der Waals surface area contributed by atoms with Crippen molar-refractivity contribution in [3.63, 3.8) is 0 Å². The van der Waals surface area contributed by atoms with Gasteiger partial charge in [0.15, 0.2) is 5.84 Å². The molecular formula is C13H23N5O. The molecule has 0 fully saturated rings. The van der Waals surface area contributed by atoms with E-state index in [0.29, 0.717) is 5.56 Å². The molecule has 19 heavy (non-hydrogen) atoms. The Balaban J connectivity index is 3.17. The first-order valence-electron chi connectivity index (χ1n) is 6.18. The van der Waals surface area contributed by atoms with Gasteiger partial charge in [-0.1, -0.05) is 5.16 Å². The summed E-state index contributed by atoms with van der Waals surface area (Å²) in [4.78, 5) is 8.58. The van der Waals surface area contributed by atoms with E-state index in [4.69, 9.17) is 10.9 Å². The maximum Gasteiger partial charge on any atom is 0.174 e. The van der Waals surface area contributed by atoms with E-state index in [2.05, 4.69) is 19.9 Å². The van der Waals surface area contributed by atoms with E-state index < -0.39 is 0 Å². The molecule has 0 atom stereocenters. The molecule has 0 saturated heterocycles. The highest BCUT2D eigenvalue weighted by molar-refractivity contribution is 6.03. The molecule has 0 aliphatic rings. The molecular weight excluding hydrogens is 242 g/mol. The second-order valence-electron chi connectivity index (χ2n) is 4.95. The van der Waals surface area contributed by atoms with Gasteiger partial charge in [0.1, 0.15) is 0 Å². The van der Waals surface area contributed by atoms with Crippen molar-refractivity contribution in [1.29, 1.82) is 0 Å². The van der Waals surface area contributed by atoms with Crippen LogP contribution < -0.4 is 10.6 Å². The van der Waals surface area contributed by atoms with Gasteiger partial charge in [-0.25, -0.2) is 0 Å². The number of amidine groups is 1. The summed E-state index contributed by atoms with van der Waals surface area (Å²) in [5, 5.41) is 12.0. The van der Waals surface area contributed by atoms with E-state index in [9.17, 15) is 0 Å². The Morgan fingerprint density at radius 2 is 1.95 bits per heavy atom. The van der Waals surface area contributed by atoms with Crippen LogP contribution in [0, 0.1) is 13.8 Å². The Hall–Kier alpha value is -1.82. The second kappa shape index (κ2) is 6.38. The van der Waals surface area contributed by atoms with Gasteiger partial charge in [-0.05, 0) is 34.0 Å². The summed E-state index contributed by atoms with van der Waals surface area (Å²) in [5.74, 6) is 0.0942. The van der Waals surface area contributed by atoms with Crippen molar-refractivity contribution in [3.8, 4) is 0 Å². The molecule has 0 unspecified atom stereocenters. The van der Waals surface area contributed by atoms with Crippen LogP contribution in [0.5, 0.6) is 0 Å². The molecule has 6 heteroatoms. The number of pyridine rings is 1. The van der Waals surface area contributed by atoms with Crippen molar-refractivity contribution in [1.82, 2.24) is 9.88 Å². The Morgan fingerprint density at radius 1 is 1.32 bits per heavy atom. The third-order valence-corrected chi connectivity index (χ3v) is 2.97. The number of aromatic nitrogens is 1. The van der Waals surface area contributed by atoms with E-state index in [1.54, 1.807) is 0 Å². The van der Waals surface area contributed by atoms with Crippen LogP contribution in [-0.2, 0) is 0 Å². The smallest absolute Gasteiger partial charge is 0.174 e. The summed E-state index contributed by atoms with van der Waals surface area (Å²) in [7, 11) is 6.05. The third-order valence-electron chi connectivity index (χ3n) is 2.97. The standard InChI is InChI=1S/C13H23N5O/c1-9-8-11(18(5)7-6-17(3)4)12(10(2)15-9)13(14)16-19/h8,19H,6-7H2,1-5H3,(H2,14,16). The van der Waals surface area contributed by atoms with Crippen LogP contribution in [0.25, 0.3) is 0 Å². The van der Waals surface area contributed by atoms with Crippen molar-refractivity contribution in [2.45, 2.75) is 13.8 Å². The summed E-state index contributed by atoms with van der Waals surface area (Å²) in [6.07, 6.45) is 0. The number of nitrogens with two attached hydrogens (primary N) is 1. The number of anilines is 1. The maximum atomic E-state index is 8.91. The van der Waals surface area contributed by atoms with Gasteiger partial charge in [0.2, 0.25) is 0 Å². The van der Waals surface area contributed by atoms with Crippen LogP contribution in [-0.4, -0.2) is 55.2 Å². The lowest BCUT2D eigenvalue weighted by atomic mass is 10.1. The quantitative estimate of drug-likeness (QED) is 0.356. The van der Waals surface area contributed by atoms with Crippen molar-refractivity contribution in [2.75, 3.05) is 39.1 Å². The number of hydrogen-bond acceptors (Lipinski definition) is 5. The molecule has 0 aliphatic heterocycles. The Morgan fingerprint density at radius 3 is 2.47 bits per heavy atom. The lowest BCUT2D eigenvalue weighted by molar-refractivity contribution is 0.318. The van der Waals surface area contributed by atoms with Crippen molar-refractivity contribution < 1.29 is 5.21 Å². The van der Waals surface area contributed by atoms with Gasteiger partial charge < -0.3 is 20.7 Å². The van der Waals surface area contributed by atoms with Gasteiger partial charge in [0.05, 0.1) is 16.9 Å². The fourth-order valence-corrected chi connectivity index (χ4v) is 1.95. The lowest BCUT2D eigenvalue weighted by Crippen LogP contribution is -2.31. The Bertz CT molecular complexity index is 470. The molecule has 106 valence electrons. The van der Waals surface area contributed by atoms with Crippen LogP contribution in [0.3, 0.4) is 0 Å². The molecule has 0 amide bonds. The molecule has 0 spiro atoms. The summed E-state index contributed by atoms with van der Waals surface area (Å²) in [6, 6.07) is 1.95. The normalized spacial score (nSPS) is 12.0. The zero-order valence-electron chi connectivity index (χ0n) is 12.3. The summed E-state index contributed by atoms with van der Waals surface area (Å²) >= 11 is 0. The third kappa shape index (κ3) is 3.82. The monoisotopic (exact) mass is 265 g/mol. The first kappa shape index (κ1) is 15.2. The van der Waals surface area contributed by atoms with Gasteiger partial charge in [-0.2, -0.15) is 0 Å². The highest BCUT2D eigenvalue weighted by atomic mass is 16.4. The molecule has 0 aromatic carbocycles. The number of likely N-dealkylation sites (N-methyl/N-ethyl adjacent to an activating group) is 2. The fourth-order valence-electron chi connectivity index (χ4n) is 1.95. The lowest BCUT2D eigenvalue weighted by Gasteiger charge is -2.25. The second-order valence-corrected chi connectivity index (χ2v) is 4.95. The fraction of sp³-hybridized carbons (Fsp3) is 0.538.